The molecule has 4 atom stereocenters. The van der Waals surface area contributed by atoms with E-state index < -0.39 is 0 Å². The van der Waals surface area contributed by atoms with Crippen LogP contribution in [-0.2, 0) is 33.7 Å². The Bertz CT molecular complexity index is 544. The van der Waals surface area contributed by atoms with Crippen molar-refractivity contribution in [3.05, 3.63) is 12.2 Å². The van der Waals surface area contributed by atoms with E-state index in [1.54, 1.807) is 0 Å². The summed E-state index contributed by atoms with van der Waals surface area (Å²) >= 11 is 1.28. The summed E-state index contributed by atoms with van der Waals surface area (Å²) in [5, 5.41) is 2.92. The summed E-state index contributed by atoms with van der Waals surface area (Å²) in [6.45, 7) is 2.49. The summed E-state index contributed by atoms with van der Waals surface area (Å²) in [6, 6.07) is 0. The Kier molecular flexibility index (Phi) is 3.80. The number of hydrogen-bond acceptors (Lipinski definition) is 4. The Morgan fingerprint density at radius 3 is 2.48 bits per heavy atom. The Hall–Kier alpha value is -1.33. The number of likely N-dealkylation sites (tertiary alicyclic amines) is 1. The maximum absolute atomic E-state index is 12.3. The summed E-state index contributed by atoms with van der Waals surface area (Å²) in [6.07, 6.45) is 3.28. The van der Waals surface area contributed by atoms with Crippen LogP contribution in [0.1, 0.15) is 6.92 Å². The standard InChI is InChI=1S/C13H16N4O3.W/c1-2-15-13(14)16-5-6-17-11(18)9-7-3-4-8(20-7)10(9)12(17)19;/h3-4,7-10H,5-6H2,1H3,(H3,14,15,16);. The maximum atomic E-state index is 12.3. The van der Waals surface area contributed by atoms with Crippen molar-refractivity contribution in [1.29, 1.82) is 0 Å². The van der Waals surface area contributed by atoms with Gasteiger partial charge in [0, 0.05) is 0 Å². The molecule has 3 N–H and O–H groups in total. The summed E-state index contributed by atoms with van der Waals surface area (Å²) in [4.78, 5) is 30.1. The minimum absolute atomic E-state index is 0.147. The van der Waals surface area contributed by atoms with Gasteiger partial charge in [-0.25, -0.2) is 0 Å². The van der Waals surface area contributed by atoms with Gasteiger partial charge in [0.05, 0.1) is 0 Å². The summed E-state index contributed by atoms with van der Waals surface area (Å²) in [7, 11) is 0. The minimum atomic E-state index is -0.346. The van der Waals surface area contributed by atoms with Gasteiger partial charge < -0.3 is 0 Å². The molecule has 3 rings (SSSR count). The summed E-state index contributed by atoms with van der Waals surface area (Å²) < 4.78 is 6.59. The van der Waals surface area contributed by atoms with Gasteiger partial charge in [-0.05, 0) is 0 Å². The molecule has 8 heteroatoms. The molecule has 0 aliphatic carbocycles. The number of imide groups is 1. The molecule has 2 amide bonds. The number of aliphatic imine (C=N–C) groups is 1. The van der Waals surface area contributed by atoms with Gasteiger partial charge in [-0.3, -0.25) is 0 Å². The van der Waals surface area contributed by atoms with Crippen molar-refractivity contribution >= 4 is 21.8 Å². The molecular formula is C13H16N4O3W. The van der Waals surface area contributed by atoms with Crippen molar-refractivity contribution in [3.63, 3.8) is 0 Å². The number of ether oxygens (including phenoxy) is 1. The molecule has 0 aromatic heterocycles. The molecule has 112 valence electrons. The zero-order valence-corrected chi connectivity index (χ0v) is 14.4. The van der Waals surface area contributed by atoms with E-state index in [1.807, 2.05) is 19.1 Å². The number of rotatable bonds is 4. The van der Waals surface area contributed by atoms with E-state index in [1.165, 1.54) is 24.3 Å². The van der Waals surface area contributed by atoms with Crippen molar-refractivity contribution in [2.75, 3.05) is 13.1 Å². The van der Waals surface area contributed by atoms with Gasteiger partial charge in [-0.2, -0.15) is 0 Å². The van der Waals surface area contributed by atoms with Crippen LogP contribution in [0.5, 0.6) is 0 Å². The molecule has 21 heavy (non-hydrogen) atoms. The van der Waals surface area contributed by atoms with Crippen LogP contribution in [0.25, 0.3) is 0 Å². The molecule has 2 bridgehead atoms. The number of fused-ring (bicyclic) bond motifs is 5. The van der Waals surface area contributed by atoms with Crippen LogP contribution >= 0.6 is 0 Å². The van der Waals surface area contributed by atoms with E-state index in [0.29, 0.717) is 12.5 Å². The Labute approximate surface area is 133 Å². The quantitative estimate of drug-likeness (QED) is 0.231. The third-order valence-electron chi connectivity index (χ3n) is 3.91. The first-order valence-corrected chi connectivity index (χ1v) is 8.22. The van der Waals surface area contributed by atoms with Crippen molar-refractivity contribution < 1.29 is 33.7 Å². The van der Waals surface area contributed by atoms with Gasteiger partial charge in [-0.15, -0.1) is 0 Å². The number of nitrogens with two attached hydrogens (primary N) is 1. The van der Waals surface area contributed by atoms with E-state index in [4.69, 9.17) is 10.5 Å². The van der Waals surface area contributed by atoms with Crippen LogP contribution in [0.3, 0.4) is 0 Å². The van der Waals surface area contributed by atoms with Gasteiger partial charge in [0.1, 0.15) is 0 Å². The normalized spacial score (nSPS) is 33.8. The Morgan fingerprint density at radius 2 is 1.95 bits per heavy atom. The van der Waals surface area contributed by atoms with Gasteiger partial charge in [0.25, 0.3) is 0 Å². The average Bonchev–Trinajstić information content (AvgIpc) is 3.06. The van der Waals surface area contributed by atoms with Crippen molar-refractivity contribution in [2.24, 2.45) is 22.6 Å². The first-order chi connectivity index (χ1) is 9.99. The second-order valence-electron chi connectivity index (χ2n) is 5.28. The monoisotopic (exact) mass is 460 g/mol. The number of amides is 2. The third-order valence-corrected chi connectivity index (χ3v) is 4.28. The average molecular weight is 460 g/mol. The molecule has 3 aliphatic rings. The molecule has 4 unspecified atom stereocenters. The van der Waals surface area contributed by atoms with Crippen LogP contribution in [0.2, 0.25) is 0 Å². The fourth-order valence-electron chi connectivity index (χ4n) is 3.08. The Morgan fingerprint density at radius 1 is 1.38 bits per heavy atom. The van der Waals surface area contributed by atoms with Gasteiger partial charge >= 0.3 is 133 Å². The van der Waals surface area contributed by atoms with Crippen LogP contribution in [-0.4, -0.2) is 52.0 Å². The van der Waals surface area contributed by atoms with Gasteiger partial charge in [-0.1, -0.05) is 0 Å². The van der Waals surface area contributed by atoms with Crippen LogP contribution < -0.4 is 11.1 Å². The zero-order valence-electron chi connectivity index (χ0n) is 11.5. The topological polar surface area (TPSA) is 97.0 Å². The number of carbonyl (C=O) groups excluding carboxylic acids is 2. The molecule has 3 heterocycles. The first kappa shape index (κ1) is 14.6. The molecule has 3 aliphatic heterocycles. The number of hydrogen-bond donors (Lipinski definition) is 2. The van der Waals surface area contributed by atoms with Gasteiger partial charge in [0.15, 0.2) is 0 Å². The van der Waals surface area contributed by atoms with E-state index in [9.17, 15) is 9.59 Å². The van der Waals surface area contributed by atoms with Crippen LogP contribution in [0.15, 0.2) is 17.1 Å². The third kappa shape index (κ3) is 2.49. The van der Waals surface area contributed by atoms with Crippen LogP contribution in [0.4, 0.5) is 0 Å². The molecule has 0 aromatic rings. The second-order valence-corrected chi connectivity index (χ2v) is 7.48. The number of guanidine groups is 1. The molecule has 0 radical (unpaired) electrons. The second kappa shape index (κ2) is 5.46. The van der Waals surface area contributed by atoms with Gasteiger partial charge in [0.2, 0.25) is 0 Å². The molecule has 2 fully saturated rings. The number of nitrogens with zero attached hydrogens (tertiary/aromatic N) is 2. The van der Waals surface area contributed by atoms with Crippen molar-refractivity contribution in [3.8, 4) is 0 Å². The van der Waals surface area contributed by atoms with E-state index in [0.717, 1.165) is 4.02 Å². The van der Waals surface area contributed by atoms with Crippen molar-refractivity contribution in [1.82, 2.24) is 10.2 Å². The summed E-state index contributed by atoms with van der Waals surface area (Å²) in [5.74, 6) is -0.673. The van der Waals surface area contributed by atoms with E-state index in [-0.39, 0.29) is 42.4 Å². The summed E-state index contributed by atoms with van der Waals surface area (Å²) in [5.41, 5.74) is 5.69. The predicted molar refractivity (Wildman–Crippen MR) is 71.8 cm³/mol. The first-order valence-electron chi connectivity index (χ1n) is 6.75. The molecule has 0 aromatic carbocycles. The molecule has 0 saturated carbocycles. The fraction of sp³-hybridized carbons (Fsp3) is 0.538. The zero-order chi connectivity index (χ0) is 15.1. The molecular weight excluding hydrogens is 444 g/mol. The predicted octanol–water partition coefficient (Wildman–Crippen LogP) is -1.47. The molecule has 2 saturated heterocycles. The SMILES string of the molecule is C[C](=[W])NC(N)=NCCN1C(=O)C2C3C=CC(O3)C2C1=O. The van der Waals surface area contributed by atoms with E-state index in [2.05, 4.69) is 10.3 Å². The molecule has 0 spiro atoms. The fourth-order valence-corrected chi connectivity index (χ4v) is 3.45. The Balaban J connectivity index is 1.62. The molecule has 7 nitrogen and oxygen atoms in total. The van der Waals surface area contributed by atoms with Crippen LogP contribution in [0, 0.1) is 11.8 Å². The van der Waals surface area contributed by atoms with E-state index >= 15 is 0 Å². The number of nitrogens with one attached hydrogen (secondary N) is 1. The van der Waals surface area contributed by atoms with Crippen molar-refractivity contribution in [2.45, 2.75) is 19.1 Å². The number of carbonyl (C=O) groups is 2.